The minimum Gasteiger partial charge on any atom is -0.465 e. The van der Waals surface area contributed by atoms with Gasteiger partial charge in [0.25, 0.3) is 0 Å². The summed E-state index contributed by atoms with van der Waals surface area (Å²) in [5, 5.41) is 2.74. The molecule has 0 spiro atoms. The SMILES string of the molecule is COC(=O)c1ccc(/C=C/C(=O)OCC(=O)c2ccc3c(c2)[C@H](C)C(=O)N3)cc1. The van der Waals surface area contributed by atoms with Crippen molar-refractivity contribution in [2.24, 2.45) is 0 Å². The van der Waals surface area contributed by atoms with Gasteiger partial charge in [0.15, 0.2) is 12.4 Å². The number of fused-ring (bicyclic) bond motifs is 1. The van der Waals surface area contributed by atoms with Crippen LogP contribution in [0, 0.1) is 0 Å². The summed E-state index contributed by atoms with van der Waals surface area (Å²) in [4.78, 5) is 47.2. The number of methoxy groups -OCH3 is 1. The number of hydrogen-bond donors (Lipinski definition) is 1. The zero-order chi connectivity index (χ0) is 21.0. The number of amides is 1. The number of ether oxygens (including phenoxy) is 2. The van der Waals surface area contributed by atoms with Gasteiger partial charge >= 0.3 is 11.9 Å². The third-order valence-corrected chi connectivity index (χ3v) is 4.58. The highest BCUT2D eigenvalue weighted by molar-refractivity contribution is 6.05. The van der Waals surface area contributed by atoms with Crippen molar-refractivity contribution >= 4 is 35.4 Å². The van der Waals surface area contributed by atoms with Gasteiger partial charge in [-0.3, -0.25) is 9.59 Å². The number of ketones is 1. The Morgan fingerprint density at radius 1 is 1.07 bits per heavy atom. The number of esters is 2. The number of rotatable bonds is 6. The quantitative estimate of drug-likeness (QED) is 0.460. The smallest absolute Gasteiger partial charge is 0.337 e. The van der Waals surface area contributed by atoms with Gasteiger partial charge in [0.05, 0.1) is 18.6 Å². The number of carbonyl (C=O) groups excluding carboxylic acids is 4. The predicted molar refractivity (Wildman–Crippen MR) is 106 cm³/mol. The number of carbonyl (C=O) groups is 4. The van der Waals surface area contributed by atoms with E-state index in [1.165, 1.54) is 19.3 Å². The molecule has 0 fully saturated rings. The van der Waals surface area contributed by atoms with Crippen molar-refractivity contribution in [3.8, 4) is 0 Å². The summed E-state index contributed by atoms with van der Waals surface area (Å²) < 4.78 is 9.61. The number of nitrogens with one attached hydrogen (secondary N) is 1. The largest absolute Gasteiger partial charge is 0.465 e. The molecule has 2 aromatic rings. The van der Waals surface area contributed by atoms with Crippen LogP contribution >= 0.6 is 0 Å². The third-order valence-electron chi connectivity index (χ3n) is 4.58. The molecule has 1 heterocycles. The van der Waals surface area contributed by atoms with Crippen molar-refractivity contribution in [2.75, 3.05) is 19.0 Å². The number of benzene rings is 2. The van der Waals surface area contributed by atoms with Crippen LogP contribution in [0.25, 0.3) is 6.08 Å². The van der Waals surface area contributed by atoms with Gasteiger partial charge in [-0.1, -0.05) is 12.1 Å². The van der Waals surface area contributed by atoms with Crippen molar-refractivity contribution < 1.29 is 28.7 Å². The topological polar surface area (TPSA) is 98.8 Å². The van der Waals surface area contributed by atoms with Crippen molar-refractivity contribution in [3.05, 3.63) is 70.8 Å². The first-order valence-corrected chi connectivity index (χ1v) is 8.90. The first-order chi connectivity index (χ1) is 13.9. The standard InChI is InChI=1S/C22H19NO6/c1-13-17-11-16(8-9-18(17)23-21(13)26)19(24)12-29-20(25)10-5-14-3-6-15(7-4-14)22(27)28-2/h3-11,13H,12H2,1-2H3,(H,23,26)/b10-5+/t13-/m0/s1. The van der Waals surface area contributed by atoms with Gasteiger partial charge in [0, 0.05) is 17.3 Å². The van der Waals surface area contributed by atoms with Crippen LogP contribution in [0.1, 0.15) is 44.7 Å². The fraction of sp³-hybridized carbons (Fsp3) is 0.182. The molecule has 1 amide bonds. The Morgan fingerprint density at radius 3 is 2.45 bits per heavy atom. The molecule has 0 aromatic heterocycles. The molecule has 1 aliphatic heterocycles. The van der Waals surface area contributed by atoms with Crippen LogP contribution < -0.4 is 5.32 Å². The highest BCUT2D eigenvalue weighted by atomic mass is 16.5. The molecule has 0 aliphatic carbocycles. The van der Waals surface area contributed by atoms with E-state index in [4.69, 9.17) is 4.74 Å². The van der Waals surface area contributed by atoms with E-state index < -0.39 is 18.5 Å². The van der Waals surface area contributed by atoms with Gasteiger partial charge in [0.2, 0.25) is 5.91 Å². The zero-order valence-electron chi connectivity index (χ0n) is 15.9. The minimum atomic E-state index is -0.665. The first-order valence-electron chi connectivity index (χ1n) is 8.90. The Kier molecular flexibility index (Phi) is 5.87. The molecule has 1 N–H and O–H groups in total. The Morgan fingerprint density at radius 2 is 1.76 bits per heavy atom. The van der Waals surface area contributed by atoms with Crippen LogP contribution in [-0.2, 0) is 19.1 Å². The Hall–Kier alpha value is -3.74. The monoisotopic (exact) mass is 393 g/mol. The van der Waals surface area contributed by atoms with Gasteiger partial charge in [0.1, 0.15) is 0 Å². The van der Waals surface area contributed by atoms with Crippen LogP contribution in [0.4, 0.5) is 5.69 Å². The van der Waals surface area contributed by atoms with Crippen molar-refractivity contribution in [3.63, 3.8) is 0 Å². The van der Waals surface area contributed by atoms with E-state index in [9.17, 15) is 19.2 Å². The Labute approximate surface area is 167 Å². The Balaban J connectivity index is 1.55. The number of hydrogen-bond acceptors (Lipinski definition) is 6. The van der Waals surface area contributed by atoms with E-state index in [1.54, 1.807) is 49.4 Å². The lowest BCUT2D eigenvalue weighted by Crippen LogP contribution is -2.13. The summed E-state index contributed by atoms with van der Waals surface area (Å²) in [6.07, 6.45) is 2.72. The van der Waals surface area contributed by atoms with E-state index in [1.807, 2.05) is 0 Å². The van der Waals surface area contributed by atoms with E-state index in [2.05, 4.69) is 10.1 Å². The molecule has 0 radical (unpaired) electrons. The molecule has 7 nitrogen and oxygen atoms in total. The maximum atomic E-state index is 12.3. The number of anilines is 1. The second kappa shape index (κ2) is 8.52. The fourth-order valence-corrected chi connectivity index (χ4v) is 2.87. The first kappa shape index (κ1) is 20.0. The van der Waals surface area contributed by atoms with E-state index in [-0.39, 0.29) is 17.6 Å². The lowest BCUT2D eigenvalue weighted by molar-refractivity contribution is -0.136. The molecule has 0 saturated carbocycles. The van der Waals surface area contributed by atoms with Gasteiger partial charge in [-0.2, -0.15) is 0 Å². The summed E-state index contributed by atoms with van der Waals surface area (Å²) >= 11 is 0. The maximum absolute atomic E-state index is 12.3. The van der Waals surface area contributed by atoms with Crippen LogP contribution in [0.15, 0.2) is 48.5 Å². The lowest BCUT2D eigenvalue weighted by Gasteiger charge is -2.06. The highest BCUT2D eigenvalue weighted by Crippen LogP contribution is 2.32. The summed E-state index contributed by atoms with van der Waals surface area (Å²) in [7, 11) is 1.30. The normalized spacial score (nSPS) is 15.0. The minimum absolute atomic E-state index is 0.110. The lowest BCUT2D eigenvalue weighted by atomic mass is 9.99. The molecule has 1 aliphatic rings. The van der Waals surface area contributed by atoms with Gasteiger partial charge in [-0.15, -0.1) is 0 Å². The van der Waals surface area contributed by atoms with Gasteiger partial charge in [-0.25, -0.2) is 9.59 Å². The molecule has 29 heavy (non-hydrogen) atoms. The van der Waals surface area contributed by atoms with Crippen LogP contribution in [0.3, 0.4) is 0 Å². The fourth-order valence-electron chi connectivity index (χ4n) is 2.87. The van der Waals surface area contributed by atoms with Crippen molar-refractivity contribution in [2.45, 2.75) is 12.8 Å². The van der Waals surface area contributed by atoms with Crippen LogP contribution in [0.5, 0.6) is 0 Å². The average Bonchev–Trinajstić information content (AvgIpc) is 3.03. The van der Waals surface area contributed by atoms with Gasteiger partial charge < -0.3 is 14.8 Å². The van der Waals surface area contributed by atoms with Crippen molar-refractivity contribution in [1.82, 2.24) is 0 Å². The molecule has 148 valence electrons. The van der Waals surface area contributed by atoms with Crippen LogP contribution in [-0.4, -0.2) is 37.3 Å². The summed E-state index contributed by atoms with van der Waals surface area (Å²) in [5.74, 6) is -1.90. The van der Waals surface area contributed by atoms with Gasteiger partial charge in [-0.05, 0) is 54.5 Å². The molecule has 7 heteroatoms. The highest BCUT2D eigenvalue weighted by Gasteiger charge is 2.27. The summed E-state index contributed by atoms with van der Waals surface area (Å²) in [5.41, 5.74) is 2.91. The maximum Gasteiger partial charge on any atom is 0.337 e. The molecule has 0 bridgehead atoms. The molecular weight excluding hydrogens is 374 g/mol. The summed E-state index contributed by atoms with van der Waals surface area (Å²) in [6.45, 7) is 1.36. The predicted octanol–water partition coefficient (Wildman–Crippen LogP) is 2.97. The second-order valence-corrected chi connectivity index (χ2v) is 6.49. The zero-order valence-corrected chi connectivity index (χ0v) is 15.9. The van der Waals surface area contributed by atoms with Crippen LogP contribution in [0.2, 0.25) is 0 Å². The molecule has 2 aromatic carbocycles. The summed E-state index contributed by atoms with van der Waals surface area (Å²) in [6, 6.07) is 11.4. The molecule has 0 unspecified atom stereocenters. The third kappa shape index (κ3) is 4.57. The number of Topliss-reactive ketones (excluding diaryl/α,β-unsaturated/α-hetero) is 1. The second-order valence-electron chi connectivity index (χ2n) is 6.49. The van der Waals surface area contributed by atoms with Crippen molar-refractivity contribution in [1.29, 1.82) is 0 Å². The Bertz CT molecular complexity index is 1010. The van der Waals surface area contributed by atoms with E-state index >= 15 is 0 Å². The average molecular weight is 393 g/mol. The molecular formula is C22H19NO6. The molecule has 1 atom stereocenters. The molecule has 0 saturated heterocycles. The van der Waals surface area contributed by atoms with E-state index in [0.29, 0.717) is 22.4 Å². The molecule has 3 rings (SSSR count). The van der Waals surface area contributed by atoms with E-state index in [0.717, 1.165) is 5.56 Å².